The maximum atomic E-state index is 12.0. The zero-order chi connectivity index (χ0) is 13.2. The number of para-hydroxylation sites is 1. The molecule has 1 fully saturated rings. The molecule has 0 heterocycles. The van der Waals surface area contributed by atoms with E-state index in [2.05, 4.69) is 5.32 Å². The van der Waals surface area contributed by atoms with Gasteiger partial charge in [0.1, 0.15) is 0 Å². The van der Waals surface area contributed by atoms with Crippen LogP contribution in [-0.2, 0) is 9.84 Å². The molecule has 0 atom stereocenters. The SMILES string of the molecule is CCS(=O)(=O)c1ccccc1NCC1(CCl)CC1. The van der Waals surface area contributed by atoms with Gasteiger partial charge >= 0.3 is 0 Å². The monoisotopic (exact) mass is 287 g/mol. The van der Waals surface area contributed by atoms with Gasteiger partial charge in [0.05, 0.1) is 16.3 Å². The summed E-state index contributed by atoms with van der Waals surface area (Å²) >= 11 is 5.92. The highest BCUT2D eigenvalue weighted by molar-refractivity contribution is 7.91. The topological polar surface area (TPSA) is 46.2 Å². The summed E-state index contributed by atoms with van der Waals surface area (Å²) in [7, 11) is -3.18. The van der Waals surface area contributed by atoms with E-state index in [1.165, 1.54) is 0 Å². The van der Waals surface area contributed by atoms with Crippen molar-refractivity contribution < 1.29 is 8.42 Å². The summed E-state index contributed by atoms with van der Waals surface area (Å²) in [6.45, 7) is 2.40. The number of nitrogens with one attached hydrogen (secondary N) is 1. The Hall–Kier alpha value is -0.740. The van der Waals surface area contributed by atoms with Crippen LogP contribution in [0.3, 0.4) is 0 Å². The maximum absolute atomic E-state index is 12.0. The predicted octanol–water partition coefficient (Wildman–Crippen LogP) is 2.91. The van der Waals surface area contributed by atoms with E-state index in [9.17, 15) is 8.42 Å². The molecule has 0 aliphatic heterocycles. The third-order valence-corrected chi connectivity index (χ3v) is 5.85. The van der Waals surface area contributed by atoms with Crippen molar-refractivity contribution in [1.82, 2.24) is 0 Å². The molecule has 1 saturated carbocycles. The fraction of sp³-hybridized carbons (Fsp3) is 0.538. The standard InChI is InChI=1S/C13H18ClNO2S/c1-2-18(16,17)12-6-4-3-5-11(12)15-10-13(9-14)7-8-13/h3-6,15H,2,7-10H2,1H3. The smallest absolute Gasteiger partial charge is 0.180 e. The van der Waals surface area contributed by atoms with E-state index in [1.807, 2.05) is 12.1 Å². The number of anilines is 1. The van der Waals surface area contributed by atoms with Gasteiger partial charge in [-0.25, -0.2) is 8.42 Å². The van der Waals surface area contributed by atoms with Crippen molar-refractivity contribution in [1.29, 1.82) is 0 Å². The summed E-state index contributed by atoms with van der Waals surface area (Å²) in [5.41, 5.74) is 0.862. The van der Waals surface area contributed by atoms with Crippen LogP contribution in [-0.4, -0.2) is 26.6 Å². The first kappa shape index (κ1) is 13.7. The molecule has 1 N–H and O–H groups in total. The van der Waals surface area contributed by atoms with Gasteiger partial charge in [0, 0.05) is 17.8 Å². The molecule has 0 saturated heterocycles. The molecule has 1 aliphatic rings. The van der Waals surface area contributed by atoms with Gasteiger partial charge in [-0.1, -0.05) is 19.1 Å². The zero-order valence-electron chi connectivity index (χ0n) is 10.4. The molecule has 100 valence electrons. The highest BCUT2D eigenvalue weighted by Gasteiger charge is 2.41. The van der Waals surface area contributed by atoms with E-state index in [0.29, 0.717) is 16.5 Å². The van der Waals surface area contributed by atoms with Crippen molar-refractivity contribution in [3.8, 4) is 0 Å². The Bertz CT molecular complexity index is 524. The molecule has 0 unspecified atom stereocenters. The molecular formula is C13H18ClNO2S. The lowest BCUT2D eigenvalue weighted by Crippen LogP contribution is -2.18. The molecule has 18 heavy (non-hydrogen) atoms. The summed E-state index contributed by atoms with van der Waals surface area (Å²) in [5.74, 6) is 0.745. The fourth-order valence-corrected chi connectivity index (χ4v) is 3.29. The summed E-state index contributed by atoms with van der Waals surface area (Å²) in [6.07, 6.45) is 2.23. The van der Waals surface area contributed by atoms with E-state index >= 15 is 0 Å². The number of sulfone groups is 1. The highest BCUT2D eigenvalue weighted by Crippen LogP contribution is 2.46. The van der Waals surface area contributed by atoms with Crippen molar-refractivity contribution >= 4 is 27.1 Å². The average Bonchev–Trinajstić information content (AvgIpc) is 3.17. The van der Waals surface area contributed by atoms with Gasteiger partial charge < -0.3 is 5.32 Å². The largest absolute Gasteiger partial charge is 0.383 e. The van der Waals surface area contributed by atoms with Gasteiger partial charge in [-0.05, 0) is 25.0 Å². The van der Waals surface area contributed by atoms with Gasteiger partial charge in [0.25, 0.3) is 0 Å². The minimum atomic E-state index is -3.18. The number of alkyl halides is 1. The second kappa shape index (κ2) is 5.10. The third kappa shape index (κ3) is 2.81. The molecule has 1 aromatic carbocycles. The van der Waals surface area contributed by atoms with E-state index in [1.54, 1.807) is 19.1 Å². The van der Waals surface area contributed by atoms with Crippen LogP contribution >= 0.6 is 11.6 Å². The van der Waals surface area contributed by atoms with Crippen molar-refractivity contribution in [2.45, 2.75) is 24.7 Å². The number of benzene rings is 1. The summed E-state index contributed by atoms with van der Waals surface area (Å²) < 4.78 is 23.9. The van der Waals surface area contributed by atoms with Gasteiger partial charge in [-0.2, -0.15) is 0 Å². The minimum absolute atomic E-state index is 0.117. The van der Waals surface area contributed by atoms with Gasteiger partial charge in [-0.15, -0.1) is 11.6 Å². The number of hydrogen-bond donors (Lipinski definition) is 1. The third-order valence-electron chi connectivity index (χ3n) is 3.50. The van der Waals surface area contributed by atoms with Crippen LogP contribution in [0.4, 0.5) is 5.69 Å². The van der Waals surface area contributed by atoms with Crippen LogP contribution in [0.5, 0.6) is 0 Å². The first-order chi connectivity index (χ1) is 8.53. The normalized spacial score (nSPS) is 17.4. The van der Waals surface area contributed by atoms with Gasteiger partial charge in [-0.3, -0.25) is 0 Å². The lowest BCUT2D eigenvalue weighted by molar-refractivity contribution is 0.596. The van der Waals surface area contributed by atoms with Gasteiger partial charge in [0.2, 0.25) is 0 Å². The molecule has 0 spiro atoms. The van der Waals surface area contributed by atoms with Crippen LogP contribution in [0.25, 0.3) is 0 Å². The molecular weight excluding hydrogens is 270 g/mol. The molecule has 0 aromatic heterocycles. The van der Waals surface area contributed by atoms with E-state index in [-0.39, 0.29) is 11.2 Å². The number of halogens is 1. The van der Waals surface area contributed by atoms with Crippen molar-refractivity contribution in [2.75, 3.05) is 23.5 Å². The van der Waals surface area contributed by atoms with Crippen LogP contribution in [0.2, 0.25) is 0 Å². The highest BCUT2D eigenvalue weighted by atomic mass is 35.5. The summed E-state index contributed by atoms with van der Waals surface area (Å²) in [4.78, 5) is 0.387. The Morgan fingerprint density at radius 3 is 2.56 bits per heavy atom. The molecule has 1 aliphatic carbocycles. The van der Waals surface area contributed by atoms with Crippen molar-refractivity contribution in [2.24, 2.45) is 5.41 Å². The Morgan fingerprint density at radius 1 is 1.33 bits per heavy atom. The molecule has 5 heteroatoms. The van der Waals surface area contributed by atoms with Crippen molar-refractivity contribution in [3.05, 3.63) is 24.3 Å². The molecule has 1 aromatic rings. The van der Waals surface area contributed by atoms with Crippen LogP contribution in [0, 0.1) is 5.41 Å². The Kier molecular flexibility index (Phi) is 3.87. The number of hydrogen-bond acceptors (Lipinski definition) is 3. The summed E-state index contributed by atoms with van der Waals surface area (Å²) in [6, 6.07) is 7.06. The average molecular weight is 288 g/mol. The first-order valence-electron chi connectivity index (χ1n) is 6.15. The fourth-order valence-electron chi connectivity index (χ4n) is 1.86. The number of rotatable bonds is 6. The Morgan fingerprint density at radius 2 is 2.00 bits per heavy atom. The van der Waals surface area contributed by atoms with E-state index in [4.69, 9.17) is 11.6 Å². The van der Waals surface area contributed by atoms with Gasteiger partial charge in [0.15, 0.2) is 9.84 Å². The Balaban J connectivity index is 2.18. The van der Waals surface area contributed by atoms with E-state index < -0.39 is 9.84 Å². The quantitative estimate of drug-likeness (QED) is 0.818. The van der Waals surface area contributed by atoms with Crippen molar-refractivity contribution in [3.63, 3.8) is 0 Å². The zero-order valence-corrected chi connectivity index (χ0v) is 12.0. The molecule has 2 rings (SSSR count). The lowest BCUT2D eigenvalue weighted by atomic mass is 10.1. The molecule has 0 bridgehead atoms. The minimum Gasteiger partial charge on any atom is -0.383 e. The Labute approximate surface area is 113 Å². The van der Waals surface area contributed by atoms with E-state index in [0.717, 1.165) is 19.4 Å². The van der Waals surface area contributed by atoms with Crippen LogP contribution < -0.4 is 5.32 Å². The summed E-state index contributed by atoms with van der Waals surface area (Å²) in [5, 5.41) is 3.24. The van der Waals surface area contributed by atoms with Crippen LogP contribution in [0.15, 0.2) is 29.2 Å². The second-order valence-corrected chi connectivity index (χ2v) is 7.40. The first-order valence-corrected chi connectivity index (χ1v) is 8.33. The van der Waals surface area contributed by atoms with Crippen LogP contribution in [0.1, 0.15) is 19.8 Å². The molecule has 0 amide bonds. The maximum Gasteiger partial charge on any atom is 0.180 e. The second-order valence-electron chi connectivity index (χ2n) is 4.89. The predicted molar refractivity (Wildman–Crippen MR) is 75.0 cm³/mol. The molecule has 0 radical (unpaired) electrons. The molecule has 3 nitrogen and oxygen atoms in total. The lowest BCUT2D eigenvalue weighted by Gasteiger charge is -2.16.